The lowest BCUT2D eigenvalue weighted by Crippen LogP contribution is -2.38. The molecule has 0 aliphatic heterocycles. The van der Waals surface area contributed by atoms with Gasteiger partial charge in [-0.05, 0) is 44.6 Å². The fourth-order valence-electron chi connectivity index (χ4n) is 4.09. The quantitative estimate of drug-likeness (QED) is 0.488. The molecule has 1 aromatic heterocycles. The lowest BCUT2D eigenvalue weighted by Gasteiger charge is -2.29. The van der Waals surface area contributed by atoms with E-state index in [1.54, 1.807) is 13.8 Å². The number of carbonyl (C=O) groups excluding carboxylic acids is 2. The SMILES string of the molecule is CCC(C(=O)O)C(=O)c1cnn(C2CCC(NC(=O)OCc3ccccc3)CC2)c1C. The van der Waals surface area contributed by atoms with Gasteiger partial charge in [0.25, 0.3) is 0 Å². The van der Waals surface area contributed by atoms with E-state index in [0.717, 1.165) is 31.2 Å². The van der Waals surface area contributed by atoms with E-state index in [0.29, 0.717) is 11.3 Å². The monoisotopic (exact) mass is 427 g/mol. The first kappa shape index (κ1) is 22.5. The van der Waals surface area contributed by atoms with Crippen LogP contribution in [0.15, 0.2) is 36.5 Å². The zero-order chi connectivity index (χ0) is 22.4. The first-order valence-electron chi connectivity index (χ1n) is 10.7. The number of amides is 1. The molecule has 1 saturated carbocycles. The molecule has 166 valence electrons. The third-order valence-electron chi connectivity index (χ3n) is 5.91. The number of aliphatic carboxylic acids is 1. The number of hydrogen-bond donors (Lipinski definition) is 2. The number of ketones is 1. The van der Waals surface area contributed by atoms with Crippen molar-refractivity contribution in [2.75, 3.05) is 0 Å². The normalized spacial score (nSPS) is 19.4. The summed E-state index contributed by atoms with van der Waals surface area (Å²) in [6, 6.07) is 9.68. The van der Waals surface area contributed by atoms with Gasteiger partial charge < -0.3 is 15.2 Å². The van der Waals surface area contributed by atoms with E-state index in [1.165, 1.54) is 6.20 Å². The second-order valence-corrected chi connectivity index (χ2v) is 7.96. The van der Waals surface area contributed by atoms with Crippen LogP contribution in [0.3, 0.4) is 0 Å². The van der Waals surface area contributed by atoms with Gasteiger partial charge in [-0.1, -0.05) is 37.3 Å². The summed E-state index contributed by atoms with van der Waals surface area (Å²) in [5, 5.41) is 16.6. The molecule has 1 amide bonds. The summed E-state index contributed by atoms with van der Waals surface area (Å²) < 4.78 is 7.12. The second-order valence-electron chi connectivity index (χ2n) is 7.96. The van der Waals surface area contributed by atoms with Crippen molar-refractivity contribution in [2.24, 2.45) is 5.92 Å². The van der Waals surface area contributed by atoms with E-state index in [9.17, 15) is 19.5 Å². The van der Waals surface area contributed by atoms with Crippen molar-refractivity contribution in [2.45, 2.75) is 64.6 Å². The predicted molar refractivity (Wildman–Crippen MR) is 114 cm³/mol. The van der Waals surface area contributed by atoms with Crippen molar-refractivity contribution in [3.05, 3.63) is 53.3 Å². The number of aromatic nitrogens is 2. The highest BCUT2D eigenvalue weighted by atomic mass is 16.5. The van der Waals surface area contributed by atoms with Crippen LogP contribution >= 0.6 is 0 Å². The topological polar surface area (TPSA) is 111 Å². The molecular formula is C23H29N3O5. The van der Waals surface area contributed by atoms with Crippen molar-refractivity contribution in [1.82, 2.24) is 15.1 Å². The summed E-state index contributed by atoms with van der Waals surface area (Å²) in [5.41, 5.74) is 2.01. The summed E-state index contributed by atoms with van der Waals surface area (Å²) in [6.07, 6.45) is 4.46. The van der Waals surface area contributed by atoms with Crippen molar-refractivity contribution < 1.29 is 24.2 Å². The van der Waals surface area contributed by atoms with E-state index >= 15 is 0 Å². The Balaban J connectivity index is 1.52. The highest BCUT2D eigenvalue weighted by Crippen LogP contribution is 2.30. The lowest BCUT2D eigenvalue weighted by atomic mass is 9.91. The number of alkyl carbamates (subject to hydrolysis) is 1. The molecule has 0 bridgehead atoms. The highest BCUT2D eigenvalue weighted by molar-refractivity contribution is 6.08. The highest BCUT2D eigenvalue weighted by Gasteiger charge is 2.30. The molecular weight excluding hydrogens is 398 g/mol. The largest absolute Gasteiger partial charge is 0.481 e. The smallest absolute Gasteiger partial charge is 0.407 e. The number of hydrogen-bond acceptors (Lipinski definition) is 5. The summed E-state index contributed by atoms with van der Waals surface area (Å²) >= 11 is 0. The van der Waals surface area contributed by atoms with E-state index < -0.39 is 23.8 Å². The van der Waals surface area contributed by atoms with E-state index in [1.807, 2.05) is 35.0 Å². The van der Waals surface area contributed by atoms with Gasteiger partial charge in [0.15, 0.2) is 5.78 Å². The van der Waals surface area contributed by atoms with Crippen LogP contribution in [0.25, 0.3) is 0 Å². The molecule has 1 atom stereocenters. The minimum atomic E-state index is -1.11. The Morgan fingerprint density at radius 2 is 1.87 bits per heavy atom. The Labute approximate surface area is 181 Å². The van der Waals surface area contributed by atoms with Gasteiger partial charge in [-0.2, -0.15) is 5.10 Å². The van der Waals surface area contributed by atoms with Crippen LogP contribution in [-0.4, -0.2) is 38.8 Å². The molecule has 1 unspecified atom stereocenters. The first-order chi connectivity index (χ1) is 14.9. The number of carbonyl (C=O) groups is 3. The third-order valence-corrected chi connectivity index (χ3v) is 5.91. The Kier molecular flexibility index (Phi) is 7.44. The number of ether oxygens (including phenoxy) is 1. The molecule has 1 fully saturated rings. The number of nitrogens with zero attached hydrogens (tertiary/aromatic N) is 2. The van der Waals surface area contributed by atoms with Crippen molar-refractivity contribution >= 4 is 17.8 Å². The molecule has 8 heteroatoms. The number of carboxylic acid groups (broad SMARTS) is 1. The lowest BCUT2D eigenvalue weighted by molar-refractivity contribution is -0.140. The van der Waals surface area contributed by atoms with Crippen LogP contribution < -0.4 is 5.32 Å². The summed E-state index contributed by atoms with van der Waals surface area (Å²) in [5.74, 6) is -2.54. The van der Waals surface area contributed by atoms with Crippen LogP contribution in [-0.2, 0) is 16.1 Å². The first-order valence-corrected chi connectivity index (χ1v) is 10.7. The maximum atomic E-state index is 12.6. The molecule has 2 N–H and O–H groups in total. The van der Waals surface area contributed by atoms with Crippen LogP contribution in [0.2, 0.25) is 0 Å². The van der Waals surface area contributed by atoms with Crippen molar-refractivity contribution in [3.8, 4) is 0 Å². The summed E-state index contributed by atoms with van der Waals surface area (Å²) in [6.45, 7) is 3.73. The second kappa shape index (κ2) is 10.2. The molecule has 1 aliphatic carbocycles. The van der Waals surface area contributed by atoms with Gasteiger partial charge in [0.2, 0.25) is 0 Å². The average molecular weight is 428 g/mol. The Bertz CT molecular complexity index is 917. The van der Waals surface area contributed by atoms with Gasteiger partial charge >= 0.3 is 12.1 Å². The number of nitrogens with one attached hydrogen (secondary N) is 1. The number of carboxylic acids is 1. The Hall–Kier alpha value is -3.16. The standard InChI is InChI=1S/C23H29N3O5/c1-3-19(22(28)29)21(27)20-13-24-26(15(20)2)18-11-9-17(10-12-18)25-23(30)31-14-16-7-5-4-6-8-16/h4-8,13,17-19H,3,9-12,14H2,1-2H3,(H,25,30)(H,28,29). The summed E-state index contributed by atoms with van der Waals surface area (Å²) in [4.78, 5) is 36.0. The zero-order valence-corrected chi connectivity index (χ0v) is 17.9. The van der Waals surface area contributed by atoms with Crippen molar-refractivity contribution in [3.63, 3.8) is 0 Å². The molecule has 8 nitrogen and oxygen atoms in total. The maximum Gasteiger partial charge on any atom is 0.407 e. The zero-order valence-electron chi connectivity index (χ0n) is 17.9. The minimum absolute atomic E-state index is 0.0352. The van der Waals surface area contributed by atoms with Crippen LogP contribution in [0.5, 0.6) is 0 Å². The van der Waals surface area contributed by atoms with Gasteiger partial charge in [0.05, 0.1) is 17.8 Å². The van der Waals surface area contributed by atoms with Gasteiger partial charge in [0, 0.05) is 11.7 Å². The van der Waals surface area contributed by atoms with Crippen LogP contribution in [0.1, 0.15) is 66.7 Å². The third kappa shape index (κ3) is 5.51. The molecule has 0 radical (unpaired) electrons. The fraction of sp³-hybridized carbons (Fsp3) is 0.478. The maximum absolute atomic E-state index is 12.6. The number of rotatable bonds is 8. The van der Waals surface area contributed by atoms with Gasteiger partial charge in [-0.15, -0.1) is 0 Å². The van der Waals surface area contributed by atoms with E-state index in [2.05, 4.69) is 10.4 Å². The number of benzene rings is 1. The van der Waals surface area contributed by atoms with Crippen LogP contribution in [0, 0.1) is 12.8 Å². The molecule has 0 saturated heterocycles. The average Bonchev–Trinajstić information content (AvgIpc) is 3.15. The summed E-state index contributed by atoms with van der Waals surface area (Å²) in [7, 11) is 0. The van der Waals surface area contributed by atoms with E-state index in [-0.39, 0.29) is 25.1 Å². The molecule has 1 heterocycles. The fourth-order valence-corrected chi connectivity index (χ4v) is 4.09. The minimum Gasteiger partial charge on any atom is -0.481 e. The van der Waals surface area contributed by atoms with Gasteiger partial charge in [0.1, 0.15) is 12.5 Å². The molecule has 2 aromatic rings. The Morgan fingerprint density at radius 3 is 2.48 bits per heavy atom. The molecule has 1 aliphatic rings. The van der Waals surface area contributed by atoms with Gasteiger partial charge in [-0.3, -0.25) is 14.3 Å². The molecule has 31 heavy (non-hydrogen) atoms. The molecule has 3 rings (SSSR count). The van der Waals surface area contributed by atoms with Crippen LogP contribution in [0.4, 0.5) is 4.79 Å². The van der Waals surface area contributed by atoms with E-state index in [4.69, 9.17) is 4.74 Å². The molecule has 1 aromatic carbocycles. The Morgan fingerprint density at radius 1 is 1.19 bits per heavy atom. The molecule has 0 spiro atoms. The van der Waals surface area contributed by atoms with Gasteiger partial charge in [-0.25, -0.2) is 4.79 Å². The number of Topliss-reactive ketones (excluding diaryl/α,β-unsaturated/α-hetero) is 1. The van der Waals surface area contributed by atoms with Crippen molar-refractivity contribution in [1.29, 1.82) is 0 Å². The predicted octanol–water partition coefficient (Wildman–Crippen LogP) is 3.90.